The maximum absolute atomic E-state index is 4.05. The van der Waals surface area contributed by atoms with Gasteiger partial charge < -0.3 is 0 Å². The molecule has 0 aliphatic rings. The van der Waals surface area contributed by atoms with Crippen LogP contribution in [0.25, 0.3) is 0 Å². The van der Waals surface area contributed by atoms with E-state index in [1.807, 2.05) is 0 Å². The fraction of sp³-hybridized carbons (Fsp3) is 0.364. The van der Waals surface area contributed by atoms with Crippen LogP contribution < -0.4 is 0 Å². The monoisotopic (exact) mass is 179 g/mol. The predicted octanol–water partition coefficient (Wildman–Crippen LogP) is 3.65. The van der Waals surface area contributed by atoms with Crippen LogP contribution in [0.15, 0.2) is 23.1 Å². The molecule has 0 aliphatic carbocycles. The van der Waals surface area contributed by atoms with Crippen molar-refractivity contribution in [3.63, 3.8) is 0 Å². The Balaban J connectivity index is 3.12. The number of benzene rings is 1. The molecule has 0 heterocycles. The summed E-state index contributed by atoms with van der Waals surface area (Å²) in [5.74, 6) is 0.382. The summed E-state index contributed by atoms with van der Waals surface area (Å²) in [6.07, 6.45) is 2.11. The molecule has 1 radical (unpaired) electrons. The fourth-order valence-corrected chi connectivity index (χ4v) is 1.94. The molecule has 0 bridgehead atoms. The van der Waals surface area contributed by atoms with Gasteiger partial charge in [0.2, 0.25) is 0 Å². The van der Waals surface area contributed by atoms with Crippen molar-refractivity contribution in [2.75, 3.05) is 6.26 Å². The standard InChI is InChI=1S/C11H15S/c1-8(2)10-7-9(3)5-6-11(10)12-4/h5-8H,1H2,2-4H3. The molecule has 0 aliphatic heterocycles. The minimum atomic E-state index is 0.382. The number of aryl methyl sites for hydroxylation is 1. The van der Waals surface area contributed by atoms with Crippen LogP contribution in [0, 0.1) is 13.8 Å². The van der Waals surface area contributed by atoms with Gasteiger partial charge in [-0.2, -0.15) is 0 Å². The van der Waals surface area contributed by atoms with Crippen molar-refractivity contribution >= 4 is 11.8 Å². The Morgan fingerprint density at radius 3 is 2.58 bits per heavy atom. The maximum Gasteiger partial charge on any atom is 0.0104 e. The Hall–Kier alpha value is -0.430. The lowest BCUT2D eigenvalue weighted by molar-refractivity contribution is 0.927. The average molecular weight is 179 g/mol. The molecule has 65 valence electrons. The summed E-state index contributed by atoms with van der Waals surface area (Å²) in [6, 6.07) is 6.55. The van der Waals surface area contributed by atoms with Gasteiger partial charge in [-0.05, 0) is 37.7 Å². The second kappa shape index (κ2) is 3.99. The second-order valence-electron chi connectivity index (χ2n) is 3.15. The molecule has 1 aromatic rings. The van der Waals surface area contributed by atoms with Gasteiger partial charge in [0.1, 0.15) is 0 Å². The van der Waals surface area contributed by atoms with Crippen LogP contribution in [0.4, 0.5) is 0 Å². The maximum atomic E-state index is 4.05. The zero-order valence-corrected chi connectivity index (χ0v) is 8.74. The van der Waals surface area contributed by atoms with Gasteiger partial charge in [0.15, 0.2) is 0 Å². The normalized spacial score (nSPS) is 10.8. The molecule has 0 saturated carbocycles. The van der Waals surface area contributed by atoms with E-state index in [4.69, 9.17) is 0 Å². The molecule has 0 spiro atoms. The van der Waals surface area contributed by atoms with Gasteiger partial charge in [-0.25, -0.2) is 0 Å². The summed E-state index contributed by atoms with van der Waals surface area (Å²) in [4.78, 5) is 1.35. The molecule has 0 nitrogen and oxygen atoms in total. The first kappa shape index (κ1) is 9.66. The third-order valence-corrected chi connectivity index (χ3v) is 2.73. The molecule has 1 unspecified atom stereocenters. The molecule has 0 amide bonds. The molecule has 0 fully saturated rings. The van der Waals surface area contributed by atoms with E-state index in [-0.39, 0.29) is 0 Å². The van der Waals surface area contributed by atoms with E-state index in [2.05, 4.69) is 45.2 Å². The average Bonchev–Trinajstić information content (AvgIpc) is 2.04. The van der Waals surface area contributed by atoms with Gasteiger partial charge in [-0.1, -0.05) is 24.6 Å². The Bertz CT molecular complexity index is 264. The summed E-state index contributed by atoms with van der Waals surface area (Å²) >= 11 is 1.79. The molecule has 0 saturated heterocycles. The summed E-state index contributed by atoms with van der Waals surface area (Å²) < 4.78 is 0. The molecule has 1 heteroatoms. The van der Waals surface area contributed by atoms with Crippen molar-refractivity contribution in [3.8, 4) is 0 Å². The minimum Gasteiger partial charge on any atom is -0.129 e. The van der Waals surface area contributed by atoms with Crippen LogP contribution in [-0.2, 0) is 0 Å². The Kier molecular flexibility index (Phi) is 3.21. The van der Waals surface area contributed by atoms with Gasteiger partial charge in [0, 0.05) is 4.90 Å². The first-order chi connectivity index (χ1) is 5.65. The lowest BCUT2D eigenvalue weighted by Crippen LogP contribution is -1.91. The number of thioether (sulfide) groups is 1. The van der Waals surface area contributed by atoms with Gasteiger partial charge in [0.25, 0.3) is 0 Å². The van der Waals surface area contributed by atoms with Crippen molar-refractivity contribution in [1.82, 2.24) is 0 Å². The SMILES string of the molecule is [CH2]C(C)c1cc(C)ccc1SC. The molecule has 1 rings (SSSR count). The summed E-state index contributed by atoms with van der Waals surface area (Å²) in [5, 5.41) is 0. The number of hydrogen-bond donors (Lipinski definition) is 0. The highest BCUT2D eigenvalue weighted by molar-refractivity contribution is 7.98. The van der Waals surface area contributed by atoms with Crippen molar-refractivity contribution in [3.05, 3.63) is 36.2 Å². The van der Waals surface area contributed by atoms with Crippen LogP contribution in [-0.4, -0.2) is 6.26 Å². The van der Waals surface area contributed by atoms with E-state index in [1.165, 1.54) is 16.0 Å². The number of hydrogen-bond acceptors (Lipinski definition) is 1. The molecule has 1 aromatic carbocycles. The largest absolute Gasteiger partial charge is 0.129 e. The highest BCUT2D eigenvalue weighted by Crippen LogP contribution is 2.27. The zero-order valence-electron chi connectivity index (χ0n) is 7.92. The van der Waals surface area contributed by atoms with E-state index >= 15 is 0 Å². The van der Waals surface area contributed by atoms with Crippen LogP contribution in [0.5, 0.6) is 0 Å². The second-order valence-corrected chi connectivity index (χ2v) is 3.99. The van der Waals surface area contributed by atoms with E-state index in [0.29, 0.717) is 5.92 Å². The van der Waals surface area contributed by atoms with Crippen LogP contribution in [0.2, 0.25) is 0 Å². The van der Waals surface area contributed by atoms with E-state index in [9.17, 15) is 0 Å². The highest BCUT2D eigenvalue weighted by atomic mass is 32.2. The fourth-order valence-electron chi connectivity index (χ4n) is 1.24. The molecule has 12 heavy (non-hydrogen) atoms. The first-order valence-electron chi connectivity index (χ1n) is 4.12. The topological polar surface area (TPSA) is 0 Å². The third-order valence-electron chi connectivity index (χ3n) is 1.92. The summed E-state index contributed by atoms with van der Waals surface area (Å²) in [5.41, 5.74) is 2.68. The van der Waals surface area contributed by atoms with Crippen molar-refractivity contribution in [2.45, 2.75) is 24.7 Å². The van der Waals surface area contributed by atoms with Gasteiger partial charge in [-0.3, -0.25) is 0 Å². The Labute approximate surface area is 79.4 Å². The van der Waals surface area contributed by atoms with Gasteiger partial charge in [-0.15, -0.1) is 11.8 Å². The van der Waals surface area contributed by atoms with Crippen LogP contribution >= 0.6 is 11.8 Å². The summed E-state index contributed by atoms with van der Waals surface area (Å²) in [6.45, 7) is 8.30. The molecule has 0 aromatic heterocycles. The van der Waals surface area contributed by atoms with Crippen LogP contribution in [0.3, 0.4) is 0 Å². The van der Waals surface area contributed by atoms with Gasteiger partial charge >= 0.3 is 0 Å². The van der Waals surface area contributed by atoms with E-state index in [0.717, 1.165) is 0 Å². The van der Waals surface area contributed by atoms with E-state index < -0.39 is 0 Å². The third kappa shape index (κ3) is 2.04. The summed E-state index contributed by atoms with van der Waals surface area (Å²) in [7, 11) is 0. The molecule has 0 N–H and O–H groups in total. The predicted molar refractivity (Wildman–Crippen MR) is 56.7 cm³/mol. The quantitative estimate of drug-likeness (QED) is 0.624. The molecule has 1 atom stereocenters. The lowest BCUT2D eigenvalue weighted by Gasteiger charge is -2.11. The van der Waals surface area contributed by atoms with Crippen LogP contribution in [0.1, 0.15) is 24.0 Å². The van der Waals surface area contributed by atoms with Crippen molar-refractivity contribution in [2.24, 2.45) is 0 Å². The smallest absolute Gasteiger partial charge is 0.0104 e. The molecular formula is C11H15S. The van der Waals surface area contributed by atoms with Crippen molar-refractivity contribution < 1.29 is 0 Å². The molecular weight excluding hydrogens is 164 g/mol. The van der Waals surface area contributed by atoms with E-state index in [1.54, 1.807) is 11.8 Å². The highest BCUT2D eigenvalue weighted by Gasteiger charge is 2.04. The zero-order chi connectivity index (χ0) is 9.14. The number of rotatable bonds is 2. The lowest BCUT2D eigenvalue weighted by atomic mass is 10.0. The Morgan fingerprint density at radius 2 is 2.08 bits per heavy atom. The Morgan fingerprint density at radius 1 is 1.42 bits per heavy atom. The minimum absolute atomic E-state index is 0.382. The van der Waals surface area contributed by atoms with Crippen molar-refractivity contribution in [1.29, 1.82) is 0 Å². The van der Waals surface area contributed by atoms with Gasteiger partial charge in [0.05, 0.1) is 0 Å². The first-order valence-corrected chi connectivity index (χ1v) is 5.35.